The van der Waals surface area contributed by atoms with Crippen LogP contribution in [-0.4, -0.2) is 34.1 Å². The van der Waals surface area contributed by atoms with Crippen molar-refractivity contribution in [1.82, 2.24) is 0 Å². The van der Waals surface area contributed by atoms with Crippen LogP contribution in [0.25, 0.3) is 0 Å². The lowest BCUT2D eigenvalue weighted by Gasteiger charge is -2.38. The molecule has 4 heteroatoms. The van der Waals surface area contributed by atoms with Crippen LogP contribution in [0.2, 0.25) is 0 Å². The van der Waals surface area contributed by atoms with E-state index >= 15 is 0 Å². The predicted molar refractivity (Wildman–Crippen MR) is 137 cm³/mol. The van der Waals surface area contributed by atoms with Gasteiger partial charge in [0.2, 0.25) is 0 Å². The molecule has 0 radical (unpaired) electrons. The van der Waals surface area contributed by atoms with Gasteiger partial charge in [-0.15, -0.1) is 0 Å². The molecule has 0 spiro atoms. The summed E-state index contributed by atoms with van der Waals surface area (Å²) in [6, 6.07) is 0. The van der Waals surface area contributed by atoms with Gasteiger partial charge in [-0.3, -0.25) is 0 Å². The Morgan fingerprint density at radius 2 is 1.45 bits per heavy atom. The molecule has 1 aromatic rings. The van der Waals surface area contributed by atoms with Gasteiger partial charge >= 0.3 is 0 Å². The number of ether oxygens (including phenoxy) is 1. The monoisotopic (exact) mass is 456 g/mol. The summed E-state index contributed by atoms with van der Waals surface area (Å²) in [5, 5.41) is 28.5. The molecule has 184 valence electrons. The molecule has 0 saturated carbocycles. The maximum Gasteiger partial charge on any atom is 0.127 e. The van der Waals surface area contributed by atoms with E-state index in [1.165, 1.54) is 16.7 Å². The van der Waals surface area contributed by atoms with Gasteiger partial charge in [0.25, 0.3) is 0 Å². The number of benzene rings is 1. The fourth-order valence-electron chi connectivity index (χ4n) is 4.53. The fourth-order valence-corrected chi connectivity index (χ4v) is 4.53. The molecule has 0 fully saturated rings. The molecule has 4 nitrogen and oxygen atoms in total. The Balaban J connectivity index is 1.84. The molecule has 1 aromatic carbocycles. The van der Waals surface area contributed by atoms with E-state index in [9.17, 15) is 5.11 Å². The number of phenolic OH excluding ortho intramolecular Hbond substituents is 1. The summed E-state index contributed by atoms with van der Waals surface area (Å²) in [5.74, 6) is 1.40. The van der Waals surface area contributed by atoms with Crippen LogP contribution in [0, 0.1) is 20.8 Å². The van der Waals surface area contributed by atoms with Crippen molar-refractivity contribution in [2.45, 2.75) is 98.5 Å². The summed E-state index contributed by atoms with van der Waals surface area (Å²) in [6.07, 6.45) is 14.4. The van der Waals surface area contributed by atoms with Crippen molar-refractivity contribution in [1.29, 1.82) is 0 Å². The minimum Gasteiger partial charge on any atom is -0.507 e. The molecule has 1 aliphatic rings. The highest BCUT2D eigenvalue weighted by Gasteiger charge is 2.33. The number of aliphatic hydroxyl groups excluding tert-OH is 2. The van der Waals surface area contributed by atoms with Crippen molar-refractivity contribution in [3.8, 4) is 11.5 Å². The maximum absolute atomic E-state index is 10.4. The quantitative estimate of drug-likeness (QED) is 0.330. The number of allylic oxidation sites excluding steroid dienone is 5. The Labute approximate surface area is 200 Å². The zero-order chi connectivity index (χ0) is 24.6. The largest absolute Gasteiger partial charge is 0.507 e. The standard InChI is InChI=1S/C29H44O4/c1-20(12-8-14-25(18-30)19-31)10-7-11-21(2)13-9-16-29(6)17-15-26-24(5)27(32)22(3)23(4)28(26)33-29/h10,13-14,30-32H,7-9,11-12,15-19H2,1-6H3/b20-10+,21-13+. The summed E-state index contributed by atoms with van der Waals surface area (Å²) in [6.45, 7) is 12.4. The van der Waals surface area contributed by atoms with Crippen LogP contribution < -0.4 is 4.74 Å². The summed E-state index contributed by atoms with van der Waals surface area (Å²) in [7, 11) is 0. The SMILES string of the molecule is C/C(=C\CC/C(C)=C/CCC1(C)CCc2c(C)c(O)c(C)c(C)c2O1)CCC=C(CO)CO. The van der Waals surface area contributed by atoms with Crippen molar-refractivity contribution in [2.24, 2.45) is 0 Å². The molecule has 0 amide bonds. The van der Waals surface area contributed by atoms with E-state index in [1.54, 1.807) is 0 Å². The van der Waals surface area contributed by atoms with Gasteiger partial charge in [0, 0.05) is 5.56 Å². The van der Waals surface area contributed by atoms with Crippen LogP contribution in [0.1, 0.15) is 88.0 Å². The molecule has 1 heterocycles. The van der Waals surface area contributed by atoms with E-state index in [2.05, 4.69) is 32.9 Å². The molecule has 3 N–H and O–H groups in total. The molecule has 33 heavy (non-hydrogen) atoms. The number of hydrogen-bond donors (Lipinski definition) is 3. The minimum atomic E-state index is -0.170. The van der Waals surface area contributed by atoms with Crippen molar-refractivity contribution >= 4 is 0 Å². The second kappa shape index (κ2) is 12.4. The second-order valence-corrected chi connectivity index (χ2v) is 9.98. The molecule has 0 aliphatic carbocycles. The molecule has 1 atom stereocenters. The predicted octanol–water partition coefficient (Wildman–Crippen LogP) is 6.55. The number of phenols is 1. The van der Waals surface area contributed by atoms with Crippen LogP contribution in [0.4, 0.5) is 0 Å². The maximum atomic E-state index is 10.4. The molecule has 1 unspecified atom stereocenters. The number of fused-ring (bicyclic) bond motifs is 1. The van der Waals surface area contributed by atoms with Crippen molar-refractivity contribution in [2.75, 3.05) is 13.2 Å². The molecular weight excluding hydrogens is 412 g/mol. The van der Waals surface area contributed by atoms with E-state index < -0.39 is 0 Å². The highest BCUT2D eigenvalue weighted by Crippen LogP contribution is 2.44. The summed E-state index contributed by atoms with van der Waals surface area (Å²) in [5.41, 5.74) is 7.40. The number of hydrogen-bond acceptors (Lipinski definition) is 4. The second-order valence-electron chi connectivity index (χ2n) is 9.98. The van der Waals surface area contributed by atoms with Gasteiger partial charge < -0.3 is 20.1 Å². The first kappa shape index (κ1) is 27.2. The Morgan fingerprint density at radius 3 is 2.06 bits per heavy atom. The first-order valence-corrected chi connectivity index (χ1v) is 12.3. The average Bonchev–Trinajstić information content (AvgIpc) is 2.79. The third-order valence-corrected chi connectivity index (χ3v) is 7.17. The Kier molecular flexibility index (Phi) is 10.2. The molecule has 2 rings (SSSR count). The van der Waals surface area contributed by atoms with Gasteiger partial charge in [0.15, 0.2) is 0 Å². The molecule has 0 saturated heterocycles. The Morgan fingerprint density at radius 1 is 0.879 bits per heavy atom. The normalized spacial score (nSPS) is 18.7. The van der Waals surface area contributed by atoms with E-state index in [-0.39, 0.29) is 18.8 Å². The molecule has 1 aliphatic heterocycles. The highest BCUT2D eigenvalue weighted by molar-refractivity contribution is 5.58. The minimum absolute atomic E-state index is 0.0671. The first-order valence-electron chi connectivity index (χ1n) is 12.3. The summed E-state index contributed by atoms with van der Waals surface area (Å²) >= 11 is 0. The molecular formula is C29H44O4. The zero-order valence-corrected chi connectivity index (χ0v) is 21.6. The summed E-state index contributed by atoms with van der Waals surface area (Å²) in [4.78, 5) is 0. The van der Waals surface area contributed by atoms with Gasteiger partial charge in [0.05, 0.1) is 13.2 Å². The first-order chi connectivity index (χ1) is 15.6. The van der Waals surface area contributed by atoms with Gasteiger partial charge in [0.1, 0.15) is 17.1 Å². The van der Waals surface area contributed by atoms with E-state index in [4.69, 9.17) is 14.9 Å². The number of rotatable bonds is 11. The molecule has 0 bridgehead atoms. The van der Waals surface area contributed by atoms with Crippen LogP contribution >= 0.6 is 0 Å². The van der Waals surface area contributed by atoms with Gasteiger partial charge in [-0.1, -0.05) is 29.4 Å². The average molecular weight is 457 g/mol. The highest BCUT2D eigenvalue weighted by atomic mass is 16.5. The van der Waals surface area contributed by atoms with Crippen LogP contribution in [0.5, 0.6) is 11.5 Å². The topological polar surface area (TPSA) is 69.9 Å². The van der Waals surface area contributed by atoms with E-state index in [1.807, 2.05) is 26.8 Å². The van der Waals surface area contributed by atoms with Gasteiger partial charge in [-0.25, -0.2) is 0 Å². The zero-order valence-electron chi connectivity index (χ0n) is 21.6. The van der Waals surface area contributed by atoms with Crippen LogP contribution in [-0.2, 0) is 6.42 Å². The van der Waals surface area contributed by atoms with Crippen molar-refractivity contribution in [3.05, 3.63) is 57.2 Å². The van der Waals surface area contributed by atoms with Crippen LogP contribution in [0.3, 0.4) is 0 Å². The van der Waals surface area contributed by atoms with E-state index in [0.29, 0.717) is 11.3 Å². The number of aliphatic hydroxyl groups is 2. The van der Waals surface area contributed by atoms with E-state index in [0.717, 1.165) is 73.8 Å². The third kappa shape index (κ3) is 7.48. The lowest BCUT2D eigenvalue weighted by molar-refractivity contribution is 0.0558. The van der Waals surface area contributed by atoms with Gasteiger partial charge in [-0.2, -0.15) is 0 Å². The van der Waals surface area contributed by atoms with Crippen LogP contribution in [0.15, 0.2) is 34.9 Å². The Bertz CT molecular complexity index is 901. The lowest BCUT2D eigenvalue weighted by Crippen LogP contribution is -2.37. The van der Waals surface area contributed by atoms with Crippen molar-refractivity contribution < 1.29 is 20.1 Å². The summed E-state index contributed by atoms with van der Waals surface area (Å²) < 4.78 is 6.55. The smallest absolute Gasteiger partial charge is 0.127 e. The van der Waals surface area contributed by atoms with Crippen molar-refractivity contribution in [3.63, 3.8) is 0 Å². The fraction of sp³-hybridized carbons (Fsp3) is 0.586. The lowest BCUT2D eigenvalue weighted by atomic mass is 9.85. The Hall–Kier alpha value is -2.04. The number of aromatic hydroxyl groups is 1. The van der Waals surface area contributed by atoms with Gasteiger partial charge in [-0.05, 0) is 115 Å². The third-order valence-electron chi connectivity index (χ3n) is 7.17. The molecule has 0 aromatic heterocycles.